The van der Waals surface area contributed by atoms with E-state index < -0.39 is 16.1 Å². The standard InChI is InChI=1S/C22H20N2O3S/c23-16-18-8-12-21(13-9-18)28(26,27)24-15-14-17-6-10-20(11-7-17)22(25)19-4-2-1-3-5-19/h1-13,22,24-25H,14-15H2. The van der Waals surface area contributed by atoms with Crippen molar-refractivity contribution in [3.05, 3.63) is 101 Å². The molecule has 6 heteroatoms. The molecular formula is C22H20N2O3S. The van der Waals surface area contributed by atoms with E-state index in [1.807, 2.05) is 60.7 Å². The van der Waals surface area contributed by atoms with E-state index in [0.29, 0.717) is 12.0 Å². The summed E-state index contributed by atoms with van der Waals surface area (Å²) in [5.41, 5.74) is 2.99. The Hall–Kier alpha value is -2.98. The van der Waals surface area contributed by atoms with E-state index in [-0.39, 0.29) is 11.4 Å². The topological polar surface area (TPSA) is 90.2 Å². The molecule has 142 valence electrons. The second-order valence-corrected chi connectivity index (χ2v) is 8.11. The molecule has 0 fully saturated rings. The summed E-state index contributed by atoms with van der Waals surface area (Å²) in [5.74, 6) is 0. The molecule has 3 aromatic carbocycles. The smallest absolute Gasteiger partial charge is 0.240 e. The lowest BCUT2D eigenvalue weighted by Gasteiger charge is -2.12. The third kappa shape index (κ3) is 4.84. The quantitative estimate of drug-likeness (QED) is 0.646. The zero-order valence-electron chi connectivity index (χ0n) is 15.1. The lowest BCUT2D eigenvalue weighted by atomic mass is 10.00. The summed E-state index contributed by atoms with van der Waals surface area (Å²) < 4.78 is 27.2. The summed E-state index contributed by atoms with van der Waals surface area (Å²) in [6.45, 7) is 0.253. The zero-order chi connectivity index (χ0) is 20.0. The molecule has 0 radical (unpaired) electrons. The highest BCUT2D eigenvalue weighted by Crippen LogP contribution is 2.22. The van der Waals surface area contributed by atoms with E-state index in [1.165, 1.54) is 24.3 Å². The van der Waals surface area contributed by atoms with Crippen molar-refractivity contribution >= 4 is 10.0 Å². The van der Waals surface area contributed by atoms with Gasteiger partial charge in [-0.25, -0.2) is 13.1 Å². The number of nitrogens with one attached hydrogen (secondary N) is 1. The van der Waals surface area contributed by atoms with Crippen LogP contribution in [-0.4, -0.2) is 20.1 Å². The number of hydrogen-bond acceptors (Lipinski definition) is 4. The van der Waals surface area contributed by atoms with Gasteiger partial charge in [-0.15, -0.1) is 0 Å². The molecule has 0 spiro atoms. The highest BCUT2D eigenvalue weighted by atomic mass is 32.2. The fourth-order valence-electron chi connectivity index (χ4n) is 2.82. The summed E-state index contributed by atoms with van der Waals surface area (Å²) >= 11 is 0. The number of benzene rings is 3. The van der Waals surface area contributed by atoms with Gasteiger partial charge < -0.3 is 5.11 Å². The first kappa shape index (κ1) is 19.8. The van der Waals surface area contributed by atoms with Crippen molar-refractivity contribution in [2.45, 2.75) is 17.4 Å². The second kappa shape index (κ2) is 8.81. The van der Waals surface area contributed by atoms with Gasteiger partial charge in [0.2, 0.25) is 10.0 Å². The first-order valence-corrected chi connectivity index (χ1v) is 10.3. The molecule has 0 saturated carbocycles. The predicted octanol–water partition coefficient (Wildman–Crippen LogP) is 3.16. The molecule has 0 aliphatic carbocycles. The summed E-state index contributed by atoms with van der Waals surface area (Å²) in [6, 6.07) is 24.6. The fourth-order valence-corrected chi connectivity index (χ4v) is 3.85. The van der Waals surface area contributed by atoms with Gasteiger partial charge in [0.25, 0.3) is 0 Å². The van der Waals surface area contributed by atoms with Crippen LogP contribution in [-0.2, 0) is 16.4 Å². The van der Waals surface area contributed by atoms with Gasteiger partial charge >= 0.3 is 0 Å². The normalized spacial score (nSPS) is 12.3. The van der Waals surface area contributed by atoms with Gasteiger partial charge in [-0.1, -0.05) is 54.6 Å². The van der Waals surface area contributed by atoms with Crippen LogP contribution in [0.1, 0.15) is 28.4 Å². The third-order valence-corrected chi connectivity index (χ3v) is 5.89. The van der Waals surface area contributed by atoms with Crippen LogP contribution < -0.4 is 4.72 Å². The lowest BCUT2D eigenvalue weighted by molar-refractivity contribution is 0.220. The number of aliphatic hydroxyl groups excluding tert-OH is 1. The zero-order valence-corrected chi connectivity index (χ0v) is 15.9. The van der Waals surface area contributed by atoms with Gasteiger partial charge in [0, 0.05) is 6.54 Å². The monoisotopic (exact) mass is 392 g/mol. The SMILES string of the molecule is N#Cc1ccc(S(=O)(=O)NCCc2ccc(C(O)c3ccccc3)cc2)cc1. The minimum atomic E-state index is -3.61. The fraction of sp³-hybridized carbons (Fsp3) is 0.136. The molecule has 5 nitrogen and oxygen atoms in total. The van der Waals surface area contributed by atoms with Gasteiger partial charge in [0.05, 0.1) is 16.5 Å². The molecular weight excluding hydrogens is 372 g/mol. The molecule has 0 bridgehead atoms. The highest BCUT2D eigenvalue weighted by Gasteiger charge is 2.13. The van der Waals surface area contributed by atoms with Crippen LogP contribution in [0.5, 0.6) is 0 Å². The molecule has 0 amide bonds. The largest absolute Gasteiger partial charge is 0.384 e. The maximum atomic E-state index is 12.3. The van der Waals surface area contributed by atoms with Gasteiger partial charge in [-0.3, -0.25) is 0 Å². The van der Waals surface area contributed by atoms with Gasteiger partial charge in [-0.2, -0.15) is 5.26 Å². The lowest BCUT2D eigenvalue weighted by Crippen LogP contribution is -2.26. The number of nitrogens with zero attached hydrogens (tertiary/aromatic N) is 1. The highest BCUT2D eigenvalue weighted by molar-refractivity contribution is 7.89. The van der Waals surface area contributed by atoms with Gasteiger partial charge in [0.15, 0.2) is 0 Å². The van der Waals surface area contributed by atoms with Crippen LogP contribution in [0.25, 0.3) is 0 Å². The summed E-state index contributed by atoms with van der Waals surface area (Å²) in [4.78, 5) is 0.132. The van der Waals surface area contributed by atoms with Crippen LogP contribution in [0, 0.1) is 11.3 Å². The molecule has 0 aromatic heterocycles. The Balaban J connectivity index is 1.58. The van der Waals surface area contributed by atoms with Crippen LogP contribution in [0.4, 0.5) is 0 Å². The van der Waals surface area contributed by atoms with Crippen molar-refractivity contribution in [3.8, 4) is 6.07 Å². The Kier molecular flexibility index (Phi) is 6.22. The summed E-state index contributed by atoms with van der Waals surface area (Å²) in [6.07, 6.45) is -0.165. The first-order valence-electron chi connectivity index (χ1n) is 8.81. The minimum Gasteiger partial charge on any atom is -0.384 e. The number of sulfonamides is 1. The van der Waals surface area contributed by atoms with E-state index in [9.17, 15) is 13.5 Å². The molecule has 3 aromatic rings. The molecule has 28 heavy (non-hydrogen) atoms. The third-order valence-electron chi connectivity index (χ3n) is 4.41. The number of hydrogen-bond donors (Lipinski definition) is 2. The Bertz CT molecular complexity index is 1060. The van der Waals surface area contributed by atoms with Crippen molar-refractivity contribution in [2.75, 3.05) is 6.54 Å². The molecule has 1 atom stereocenters. The average molecular weight is 392 g/mol. The van der Waals surface area contributed by atoms with Crippen LogP contribution in [0.2, 0.25) is 0 Å². The Morgan fingerprint density at radius 2 is 1.50 bits per heavy atom. The molecule has 0 aliphatic heterocycles. The average Bonchev–Trinajstić information content (AvgIpc) is 2.74. The Morgan fingerprint density at radius 3 is 2.11 bits per heavy atom. The first-order chi connectivity index (χ1) is 13.5. The molecule has 0 heterocycles. The Morgan fingerprint density at radius 1 is 0.893 bits per heavy atom. The second-order valence-electron chi connectivity index (χ2n) is 6.34. The van der Waals surface area contributed by atoms with Crippen molar-refractivity contribution < 1.29 is 13.5 Å². The maximum absolute atomic E-state index is 12.3. The van der Waals surface area contributed by atoms with E-state index >= 15 is 0 Å². The van der Waals surface area contributed by atoms with Crippen LogP contribution >= 0.6 is 0 Å². The van der Waals surface area contributed by atoms with Crippen molar-refractivity contribution in [3.63, 3.8) is 0 Å². The van der Waals surface area contributed by atoms with Gasteiger partial charge in [-0.05, 0) is 47.4 Å². The molecule has 0 saturated heterocycles. The van der Waals surface area contributed by atoms with Crippen molar-refractivity contribution in [2.24, 2.45) is 0 Å². The maximum Gasteiger partial charge on any atom is 0.240 e. The summed E-state index contributed by atoms with van der Waals surface area (Å²) in [7, 11) is -3.61. The minimum absolute atomic E-state index is 0.132. The molecule has 0 aliphatic rings. The number of rotatable bonds is 7. The molecule has 1 unspecified atom stereocenters. The molecule has 3 rings (SSSR count). The van der Waals surface area contributed by atoms with E-state index in [0.717, 1.165) is 16.7 Å². The van der Waals surface area contributed by atoms with E-state index in [1.54, 1.807) is 0 Å². The number of nitriles is 1. The van der Waals surface area contributed by atoms with E-state index in [4.69, 9.17) is 5.26 Å². The molecule has 2 N–H and O–H groups in total. The van der Waals surface area contributed by atoms with Crippen LogP contribution in [0.3, 0.4) is 0 Å². The summed E-state index contributed by atoms with van der Waals surface area (Å²) in [5, 5.41) is 19.2. The number of aliphatic hydroxyl groups is 1. The predicted molar refractivity (Wildman–Crippen MR) is 107 cm³/mol. The van der Waals surface area contributed by atoms with E-state index in [2.05, 4.69) is 4.72 Å². The van der Waals surface area contributed by atoms with Gasteiger partial charge in [0.1, 0.15) is 6.10 Å². The van der Waals surface area contributed by atoms with Crippen LogP contribution in [0.15, 0.2) is 83.8 Å². The Labute approximate surface area is 165 Å². The van der Waals surface area contributed by atoms with Crippen molar-refractivity contribution in [1.82, 2.24) is 4.72 Å². The van der Waals surface area contributed by atoms with Crippen molar-refractivity contribution in [1.29, 1.82) is 5.26 Å².